The van der Waals surface area contributed by atoms with Crippen molar-refractivity contribution in [2.75, 3.05) is 25.5 Å². The van der Waals surface area contributed by atoms with E-state index in [1.54, 1.807) is 23.1 Å². The smallest absolute Gasteiger partial charge is 0.319 e. The number of benzene rings is 1. The van der Waals surface area contributed by atoms with Crippen LogP contribution in [0.4, 0.5) is 10.5 Å². The van der Waals surface area contributed by atoms with Crippen LogP contribution >= 0.6 is 0 Å². The average Bonchev–Trinajstić information content (AvgIpc) is 3.38. The van der Waals surface area contributed by atoms with Gasteiger partial charge in [-0.3, -0.25) is 9.59 Å². The molecule has 0 spiro atoms. The third kappa shape index (κ3) is 4.90. The Morgan fingerprint density at radius 2 is 2.00 bits per heavy atom. The summed E-state index contributed by atoms with van der Waals surface area (Å²) in [5.41, 5.74) is 0.872. The maximum Gasteiger partial charge on any atom is 0.319 e. The van der Waals surface area contributed by atoms with Crippen molar-refractivity contribution >= 4 is 23.5 Å². The first-order valence-corrected chi connectivity index (χ1v) is 9.34. The summed E-state index contributed by atoms with van der Waals surface area (Å²) in [6, 6.07) is 4.52. The van der Waals surface area contributed by atoms with Gasteiger partial charge in [0.2, 0.25) is 5.91 Å². The van der Waals surface area contributed by atoms with Crippen LogP contribution in [0.2, 0.25) is 0 Å². The molecule has 1 saturated carbocycles. The molecule has 1 saturated heterocycles. The second kappa shape index (κ2) is 8.28. The lowest BCUT2D eigenvalue weighted by molar-refractivity contribution is -0.127. The van der Waals surface area contributed by atoms with E-state index >= 15 is 0 Å². The molecule has 8 nitrogen and oxygen atoms in total. The molecular formula is C19H26N4O4. The van der Waals surface area contributed by atoms with Crippen LogP contribution in [0.1, 0.15) is 43.0 Å². The lowest BCUT2D eigenvalue weighted by atomic mass is 10.1. The number of nitrogens with zero attached hydrogens (tertiary/aromatic N) is 1. The number of amides is 4. The minimum atomic E-state index is -0.427. The highest BCUT2D eigenvalue weighted by Gasteiger charge is 2.30. The van der Waals surface area contributed by atoms with Crippen molar-refractivity contribution < 1.29 is 19.1 Å². The molecule has 0 radical (unpaired) electrons. The van der Waals surface area contributed by atoms with Crippen molar-refractivity contribution in [1.82, 2.24) is 15.5 Å². The van der Waals surface area contributed by atoms with Gasteiger partial charge < -0.3 is 25.6 Å². The predicted octanol–water partition coefficient (Wildman–Crippen LogP) is 1.72. The van der Waals surface area contributed by atoms with Gasteiger partial charge in [0.05, 0.1) is 18.8 Å². The maximum absolute atomic E-state index is 12.4. The van der Waals surface area contributed by atoms with Gasteiger partial charge in [-0.2, -0.15) is 0 Å². The largest absolute Gasteiger partial charge is 0.495 e. The van der Waals surface area contributed by atoms with E-state index in [1.807, 2.05) is 6.92 Å². The van der Waals surface area contributed by atoms with Crippen LogP contribution in [0.15, 0.2) is 18.2 Å². The third-order valence-electron chi connectivity index (χ3n) is 4.67. The molecule has 8 heteroatoms. The van der Waals surface area contributed by atoms with Crippen LogP contribution in [-0.2, 0) is 4.79 Å². The molecule has 0 aromatic heterocycles. The van der Waals surface area contributed by atoms with E-state index in [1.165, 1.54) is 7.11 Å². The second-order valence-corrected chi connectivity index (χ2v) is 7.00. The van der Waals surface area contributed by atoms with Crippen LogP contribution in [0.3, 0.4) is 0 Å². The predicted molar refractivity (Wildman–Crippen MR) is 101 cm³/mol. The summed E-state index contributed by atoms with van der Waals surface area (Å²) >= 11 is 0. The first-order chi connectivity index (χ1) is 13.0. The molecule has 4 amide bonds. The zero-order valence-electron chi connectivity index (χ0n) is 15.7. The molecule has 1 aliphatic heterocycles. The minimum absolute atomic E-state index is 0.0541. The summed E-state index contributed by atoms with van der Waals surface area (Å²) < 4.78 is 5.27. The lowest BCUT2D eigenvalue weighted by Gasteiger charge is -2.17. The number of hydrogen-bond donors (Lipinski definition) is 3. The highest BCUT2D eigenvalue weighted by atomic mass is 16.5. The number of ether oxygens (including phenoxy) is 1. The minimum Gasteiger partial charge on any atom is -0.495 e. The summed E-state index contributed by atoms with van der Waals surface area (Å²) in [6.07, 6.45) is 3.20. The Labute approximate surface area is 158 Å². The number of nitrogens with one attached hydrogen (secondary N) is 3. The van der Waals surface area contributed by atoms with E-state index in [-0.39, 0.29) is 23.9 Å². The second-order valence-electron chi connectivity index (χ2n) is 7.00. The van der Waals surface area contributed by atoms with Gasteiger partial charge in [0.15, 0.2) is 0 Å². The Balaban J connectivity index is 1.62. The van der Waals surface area contributed by atoms with Gasteiger partial charge in [0.1, 0.15) is 5.75 Å². The van der Waals surface area contributed by atoms with Crippen molar-refractivity contribution in [1.29, 1.82) is 0 Å². The van der Waals surface area contributed by atoms with Gasteiger partial charge in [0.25, 0.3) is 5.91 Å². The zero-order valence-corrected chi connectivity index (χ0v) is 15.7. The number of rotatable bonds is 7. The van der Waals surface area contributed by atoms with Gasteiger partial charge in [-0.05, 0) is 37.5 Å². The molecule has 1 aromatic carbocycles. The molecule has 27 heavy (non-hydrogen) atoms. The molecule has 0 bridgehead atoms. The molecule has 1 atom stereocenters. The Hall–Kier alpha value is -2.77. The Morgan fingerprint density at radius 3 is 2.67 bits per heavy atom. The van der Waals surface area contributed by atoms with Crippen LogP contribution in [0, 0.1) is 0 Å². The van der Waals surface area contributed by atoms with E-state index < -0.39 is 6.03 Å². The monoisotopic (exact) mass is 374 g/mol. The van der Waals surface area contributed by atoms with Crippen molar-refractivity contribution in [2.24, 2.45) is 0 Å². The number of carbonyl (C=O) groups excluding carboxylic acids is 3. The first-order valence-electron chi connectivity index (χ1n) is 9.34. The molecule has 3 rings (SSSR count). The number of likely N-dealkylation sites (tertiary alicyclic amines) is 1. The van der Waals surface area contributed by atoms with E-state index in [2.05, 4.69) is 16.0 Å². The first kappa shape index (κ1) is 19.0. The normalized spacial score (nSPS) is 19.0. The number of anilines is 1. The van der Waals surface area contributed by atoms with Crippen LogP contribution in [-0.4, -0.2) is 55.0 Å². The fourth-order valence-corrected chi connectivity index (χ4v) is 3.14. The summed E-state index contributed by atoms with van der Waals surface area (Å²) in [5, 5.41) is 8.47. The summed E-state index contributed by atoms with van der Waals surface area (Å²) in [7, 11) is 1.50. The molecule has 1 aromatic rings. The van der Waals surface area contributed by atoms with Crippen LogP contribution < -0.4 is 20.7 Å². The Kier molecular flexibility index (Phi) is 5.83. The highest BCUT2D eigenvalue weighted by Crippen LogP contribution is 2.26. The zero-order chi connectivity index (χ0) is 19.4. The van der Waals surface area contributed by atoms with Gasteiger partial charge >= 0.3 is 6.03 Å². The lowest BCUT2D eigenvalue weighted by Crippen LogP contribution is -2.39. The van der Waals surface area contributed by atoms with Gasteiger partial charge in [-0.25, -0.2) is 4.79 Å². The van der Waals surface area contributed by atoms with Crippen LogP contribution in [0.25, 0.3) is 0 Å². The van der Waals surface area contributed by atoms with E-state index in [4.69, 9.17) is 4.74 Å². The van der Waals surface area contributed by atoms with Crippen molar-refractivity contribution in [2.45, 2.75) is 44.7 Å². The van der Waals surface area contributed by atoms with E-state index in [9.17, 15) is 14.4 Å². The number of urea groups is 1. The highest BCUT2D eigenvalue weighted by molar-refractivity contribution is 5.98. The fourth-order valence-electron chi connectivity index (χ4n) is 3.14. The van der Waals surface area contributed by atoms with Crippen molar-refractivity contribution in [3.8, 4) is 5.75 Å². The van der Waals surface area contributed by atoms with E-state index in [0.29, 0.717) is 36.5 Å². The quantitative estimate of drug-likeness (QED) is 0.677. The molecular weight excluding hydrogens is 348 g/mol. The molecule has 0 unspecified atom stereocenters. The third-order valence-corrected chi connectivity index (χ3v) is 4.67. The average molecular weight is 374 g/mol. The fraction of sp³-hybridized carbons (Fsp3) is 0.526. The number of hydrogen-bond acceptors (Lipinski definition) is 4. The molecule has 3 N–H and O–H groups in total. The summed E-state index contributed by atoms with van der Waals surface area (Å²) in [4.78, 5) is 38.3. The van der Waals surface area contributed by atoms with Crippen molar-refractivity contribution in [3.63, 3.8) is 0 Å². The molecule has 2 aliphatic rings. The molecule has 1 heterocycles. The Morgan fingerprint density at radius 1 is 1.22 bits per heavy atom. The van der Waals surface area contributed by atoms with Crippen molar-refractivity contribution in [3.05, 3.63) is 23.8 Å². The van der Waals surface area contributed by atoms with Gasteiger partial charge in [-0.15, -0.1) is 0 Å². The molecule has 146 valence electrons. The Bertz CT molecular complexity index is 732. The summed E-state index contributed by atoms with van der Waals surface area (Å²) in [6.45, 7) is 3.23. The number of methoxy groups -OCH3 is 1. The van der Waals surface area contributed by atoms with Gasteiger partial charge in [0, 0.05) is 31.1 Å². The summed E-state index contributed by atoms with van der Waals surface area (Å²) in [5.74, 6) is 0.349. The standard InChI is InChI=1S/C19H26N4O4/c1-3-8-23-11-14(10-17(23)24)21-19(26)22-15-9-12(4-7-16(15)27-2)18(25)20-13-5-6-13/h4,7,9,13-14H,3,5-6,8,10-11H2,1-2H3,(H,20,25)(H2,21,22,26)/t14-/m1/s1. The number of carbonyl (C=O) groups is 3. The van der Waals surface area contributed by atoms with E-state index in [0.717, 1.165) is 19.3 Å². The SMILES string of the molecule is CCCN1C[C@H](NC(=O)Nc2cc(C(=O)NC3CC3)ccc2OC)CC1=O. The topological polar surface area (TPSA) is 99.8 Å². The molecule has 2 fully saturated rings. The molecule has 1 aliphatic carbocycles. The van der Waals surface area contributed by atoms with Crippen LogP contribution in [0.5, 0.6) is 5.75 Å². The van der Waals surface area contributed by atoms with Gasteiger partial charge in [-0.1, -0.05) is 6.92 Å². The maximum atomic E-state index is 12.4.